The maximum absolute atomic E-state index is 13.6. The molecule has 1 fully saturated rings. The summed E-state index contributed by atoms with van der Waals surface area (Å²) in [6, 6.07) is 6.84. The molecule has 0 aliphatic carbocycles. The number of rotatable bonds is 5. The molecular formula is C15H20FN3. The molecule has 4 heteroatoms. The standard InChI is InChI=1S/C15H20FN3/c1-12(11-19-6-2-3-7-19)18-10-14-8-13(9-17)4-5-15(14)16/h4-5,8,12,18H,2-3,6-7,10-11H2,1H3. The summed E-state index contributed by atoms with van der Waals surface area (Å²) < 4.78 is 13.6. The summed E-state index contributed by atoms with van der Waals surface area (Å²) in [5.74, 6) is -0.250. The molecule has 3 nitrogen and oxygen atoms in total. The molecule has 1 unspecified atom stereocenters. The lowest BCUT2D eigenvalue weighted by molar-refractivity contribution is 0.297. The lowest BCUT2D eigenvalue weighted by atomic mass is 10.1. The third-order valence-corrected chi connectivity index (χ3v) is 3.55. The Hall–Kier alpha value is -1.44. The first-order valence-electron chi connectivity index (χ1n) is 6.83. The second-order valence-corrected chi connectivity index (χ2v) is 5.21. The first-order valence-corrected chi connectivity index (χ1v) is 6.83. The van der Waals surface area contributed by atoms with Crippen molar-refractivity contribution < 1.29 is 4.39 Å². The van der Waals surface area contributed by atoms with E-state index in [0.29, 0.717) is 23.7 Å². The highest BCUT2D eigenvalue weighted by molar-refractivity contribution is 5.33. The van der Waals surface area contributed by atoms with Gasteiger partial charge in [0, 0.05) is 24.7 Å². The molecule has 102 valence electrons. The van der Waals surface area contributed by atoms with Crippen LogP contribution in [0.25, 0.3) is 0 Å². The van der Waals surface area contributed by atoms with Crippen molar-refractivity contribution in [1.29, 1.82) is 5.26 Å². The molecule has 1 aliphatic rings. The predicted molar refractivity (Wildman–Crippen MR) is 73.1 cm³/mol. The van der Waals surface area contributed by atoms with E-state index in [0.717, 1.165) is 6.54 Å². The fraction of sp³-hybridized carbons (Fsp3) is 0.533. The van der Waals surface area contributed by atoms with Gasteiger partial charge >= 0.3 is 0 Å². The molecule has 1 aromatic carbocycles. The number of hydrogen-bond donors (Lipinski definition) is 1. The first kappa shape index (κ1) is 14.0. The van der Waals surface area contributed by atoms with Crippen LogP contribution in [-0.4, -0.2) is 30.6 Å². The Bertz CT molecular complexity index is 461. The number of halogens is 1. The van der Waals surface area contributed by atoms with Crippen LogP contribution in [0.5, 0.6) is 0 Å². The van der Waals surface area contributed by atoms with E-state index in [9.17, 15) is 4.39 Å². The summed E-state index contributed by atoms with van der Waals surface area (Å²) in [4.78, 5) is 2.43. The topological polar surface area (TPSA) is 39.1 Å². The molecular weight excluding hydrogens is 241 g/mol. The minimum Gasteiger partial charge on any atom is -0.309 e. The monoisotopic (exact) mass is 261 g/mol. The zero-order valence-electron chi connectivity index (χ0n) is 11.3. The van der Waals surface area contributed by atoms with Gasteiger partial charge in [-0.2, -0.15) is 5.26 Å². The van der Waals surface area contributed by atoms with Crippen molar-refractivity contribution in [1.82, 2.24) is 10.2 Å². The van der Waals surface area contributed by atoms with Crippen molar-refractivity contribution in [2.45, 2.75) is 32.4 Å². The minimum atomic E-state index is -0.250. The van der Waals surface area contributed by atoms with Crippen LogP contribution in [-0.2, 0) is 6.54 Å². The van der Waals surface area contributed by atoms with Gasteiger partial charge in [-0.25, -0.2) is 4.39 Å². The van der Waals surface area contributed by atoms with Gasteiger partial charge in [0.1, 0.15) is 5.82 Å². The van der Waals surface area contributed by atoms with E-state index in [1.807, 2.05) is 6.07 Å². The Morgan fingerprint density at radius 1 is 1.42 bits per heavy atom. The van der Waals surface area contributed by atoms with E-state index in [-0.39, 0.29) is 5.82 Å². The van der Waals surface area contributed by atoms with Crippen LogP contribution in [0.3, 0.4) is 0 Å². The second kappa shape index (κ2) is 6.65. The molecule has 2 rings (SSSR count). The van der Waals surface area contributed by atoms with Crippen LogP contribution < -0.4 is 5.32 Å². The van der Waals surface area contributed by atoms with Crippen molar-refractivity contribution in [3.63, 3.8) is 0 Å². The Balaban J connectivity index is 1.85. The lowest BCUT2D eigenvalue weighted by Crippen LogP contribution is -2.37. The molecule has 1 saturated heterocycles. The van der Waals surface area contributed by atoms with E-state index >= 15 is 0 Å². The minimum absolute atomic E-state index is 0.250. The van der Waals surface area contributed by atoms with Gasteiger partial charge in [0.05, 0.1) is 11.6 Å². The van der Waals surface area contributed by atoms with Gasteiger partial charge < -0.3 is 10.2 Å². The molecule has 0 spiro atoms. The van der Waals surface area contributed by atoms with E-state index < -0.39 is 0 Å². The number of likely N-dealkylation sites (tertiary alicyclic amines) is 1. The third kappa shape index (κ3) is 4.02. The van der Waals surface area contributed by atoms with Gasteiger partial charge in [0.15, 0.2) is 0 Å². The largest absolute Gasteiger partial charge is 0.309 e. The maximum atomic E-state index is 13.6. The fourth-order valence-corrected chi connectivity index (χ4v) is 2.48. The van der Waals surface area contributed by atoms with Gasteiger partial charge in [-0.1, -0.05) is 0 Å². The predicted octanol–water partition coefficient (Wildman–Crippen LogP) is 2.27. The number of hydrogen-bond acceptors (Lipinski definition) is 3. The summed E-state index contributed by atoms with van der Waals surface area (Å²) >= 11 is 0. The molecule has 1 aliphatic heterocycles. The molecule has 0 saturated carbocycles. The van der Waals surface area contributed by atoms with E-state index in [1.54, 1.807) is 6.07 Å². The Morgan fingerprint density at radius 3 is 2.84 bits per heavy atom. The smallest absolute Gasteiger partial charge is 0.127 e. The van der Waals surface area contributed by atoms with E-state index in [2.05, 4.69) is 17.1 Å². The Labute approximate surface area is 114 Å². The summed E-state index contributed by atoms with van der Waals surface area (Å²) in [5.41, 5.74) is 1.07. The number of nitrogens with one attached hydrogen (secondary N) is 1. The van der Waals surface area contributed by atoms with Gasteiger partial charge in [0.25, 0.3) is 0 Å². The molecule has 0 amide bonds. The first-order chi connectivity index (χ1) is 9.19. The molecule has 0 aromatic heterocycles. The highest BCUT2D eigenvalue weighted by Crippen LogP contribution is 2.11. The molecule has 19 heavy (non-hydrogen) atoms. The van der Waals surface area contributed by atoms with Crippen molar-refractivity contribution in [2.75, 3.05) is 19.6 Å². The lowest BCUT2D eigenvalue weighted by Gasteiger charge is -2.21. The SMILES string of the molecule is CC(CN1CCCC1)NCc1cc(C#N)ccc1F. The van der Waals surface area contributed by atoms with Gasteiger partial charge in [-0.05, 0) is 51.1 Å². The Kier molecular flexibility index (Phi) is 4.89. The highest BCUT2D eigenvalue weighted by atomic mass is 19.1. The second-order valence-electron chi connectivity index (χ2n) is 5.21. The normalized spacial score (nSPS) is 17.3. The molecule has 0 radical (unpaired) electrons. The summed E-state index contributed by atoms with van der Waals surface area (Å²) in [7, 11) is 0. The van der Waals surface area contributed by atoms with Gasteiger partial charge in [-0.3, -0.25) is 0 Å². The number of benzene rings is 1. The van der Waals surface area contributed by atoms with Crippen LogP contribution in [0.2, 0.25) is 0 Å². The van der Waals surface area contributed by atoms with Gasteiger partial charge in [-0.15, -0.1) is 0 Å². The van der Waals surface area contributed by atoms with E-state index in [4.69, 9.17) is 5.26 Å². The Morgan fingerprint density at radius 2 is 2.16 bits per heavy atom. The van der Waals surface area contributed by atoms with Crippen LogP contribution in [0.15, 0.2) is 18.2 Å². The average Bonchev–Trinajstić information content (AvgIpc) is 2.90. The molecule has 1 N–H and O–H groups in total. The summed E-state index contributed by atoms with van der Waals surface area (Å²) in [6.07, 6.45) is 2.57. The highest BCUT2D eigenvalue weighted by Gasteiger charge is 2.14. The molecule has 1 heterocycles. The quantitative estimate of drug-likeness (QED) is 0.883. The van der Waals surface area contributed by atoms with E-state index in [1.165, 1.54) is 38.1 Å². The van der Waals surface area contributed by atoms with Crippen molar-refractivity contribution in [2.24, 2.45) is 0 Å². The molecule has 0 bridgehead atoms. The maximum Gasteiger partial charge on any atom is 0.127 e. The van der Waals surface area contributed by atoms with Crippen LogP contribution >= 0.6 is 0 Å². The van der Waals surface area contributed by atoms with Crippen LogP contribution in [0, 0.1) is 17.1 Å². The number of nitriles is 1. The van der Waals surface area contributed by atoms with Crippen molar-refractivity contribution in [3.05, 3.63) is 35.1 Å². The van der Waals surface area contributed by atoms with Crippen molar-refractivity contribution >= 4 is 0 Å². The number of nitrogens with zero attached hydrogens (tertiary/aromatic N) is 2. The summed E-state index contributed by atoms with van der Waals surface area (Å²) in [6.45, 7) is 5.93. The average molecular weight is 261 g/mol. The molecule has 1 atom stereocenters. The van der Waals surface area contributed by atoms with Crippen molar-refractivity contribution in [3.8, 4) is 6.07 Å². The fourth-order valence-electron chi connectivity index (χ4n) is 2.48. The zero-order chi connectivity index (χ0) is 13.7. The third-order valence-electron chi connectivity index (χ3n) is 3.55. The van der Waals surface area contributed by atoms with Gasteiger partial charge in [0.2, 0.25) is 0 Å². The van der Waals surface area contributed by atoms with Crippen LogP contribution in [0.1, 0.15) is 30.9 Å². The molecule has 1 aromatic rings. The summed E-state index contributed by atoms with van der Waals surface area (Å²) in [5, 5.41) is 12.1. The zero-order valence-corrected chi connectivity index (χ0v) is 11.3. The van der Waals surface area contributed by atoms with Crippen LogP contribution in [0.4, 0.5) is 4.39 Å².